The predicted molar refractivity (Wildman–Crippen MR) is 94.1 cm³/mol. The average Bonchev–Trinajstić information content (AvgIpc) is 3.30. The minimum atomic E-state index is 0. The highest BCUT2D eigenvalue weighted by molar-refractivity contribution is 14.0. The number of nitrogens with two attached hydrogens (primary N) is 1. The normalized spacial score (nSPS) is 31.4. The molecule has 0 radical (unpaired) electrons. The molecule has 2 N–H and O–H groups in total. The lowest BCUT2D eigenvalue weighted by Crippen LogP contribution is -2.60. The second kappa shape index (κ2) is 7.00. The van der Waals surface area contributed by atoms with Gasteiger partial charge in [0, 0.05) is 38.3 Å². The lowest BCUT2D eigenvalue weighted by molar-refractivity contribution is -0.163. The molecule has 2 atom stereocenters. The Balaban J connectivity index is 0.00000161. The van der Waals surface area contributed by atoms with E-state index in [0.717, 1.165) is 39.1 Å². The van der Waals surface area contributed by atoms with Gasteiger partial charge in [-0.2, -0.15) is 0 Å². The van der Waals surface area contributed by atoms with Crippen LogP contribution in [-0.2, 0) is 9.47 Å². The zero-order valence-corrected chi connectivity index (χ0v) is 15.4. The molecule has 3 rings (SSSR count). The number of rotatable bonds is 4. The highest BCUT2D eigenvalue weighted by atomic mass is 127. The number of guanidine groups is 1. The molecule has 1 aliphatic heterocycles. The number of nitrogens with zero attached hydrogens (tertiary/aromatic N) is 2. The Morgan fingerprint density at radius 3 is 2.62 bits per heavy atom. The third-order valence-electron chi connectivity index (χ3n) is 5.28. The first-order valence-electron chi connectivity index (χ1n) is 7.93. The van der Waals surface area contributed by atoms with Gasteiger partial charge < -0.3 is 20.1 Å². The van der Waals surface area contributed by atoms with Crippen molar-refractivity contribution in [1.29, 1.82) is 0 Å². The number of hydrogen-bond donors (Lipinski definition) is 1. The van der Waals surface area contributed by atoms with Gasteiger partial charge >= 0.3 is 0 Å². The molecule has 1 saturated heterocycles. The summed E-state index contributed by atoms with van der Waals surface area (Å²) in [5, 5.41) is 0. The Bertz CT molecular complexity index is 381. The number of halogens is 1. The zero-order valence-electron chi connectivity index (χ0n) is 13.1. The highest BCUT2D eigenvalue weighted by Gasteiger charge is 2.56. The van der Waals surface area contributed by atoms with Crippen LogP contribution in [0.4, 0.5) is 0 Å². The Hall–Kier alpha value is -0.0800. The van der Waals surface area contributed by atoms with E-state index in [1.165, 1.54) is 12.8 Å². The second-order valence-corrected chi connectivity index (χ2v) is 6.37. The molecule has 5 nitrogen and oxygen atoms in total. The van der Waals surface area contributed by atoms with Crippen molar-refractivity contribution >= 4 is 29.9 Å². The van der Waals surface area contributed by atoms with Gasteiger partial charge in [-0.1, -0.05) is 0 Å². The molecule has 21 heavy (non-hydrogen) atoms. The SMILES string of the molecule is CCOC1CC(N=C(N)N(C)C2CC2)C12CCOCC2.I. The van der Waals surface area contributed by atoms with E-state index in [1.807, 2.05) is 0 Å². The van der Waals surface area contributed by atoms with Crippen LogP contribution in [0.25, 0.3) is 0 Å². The van der Waals surface area contributed by atoms with Crippen LogP contribution < -0.4 is 5.73 Å². The van der Waals surface area contributed by atoms with E-state index >= 15 is 0 Å². The summed E-state index contributed by atoms with van der Waals surface area (Å²) < 4.78 is 11.5. The van der Waals surface area contributed by atoms with E-state index in [0.29, 0.717) is 24.1 Å². The van der Waals surface area contributed by atoms with Crippen molar-refractivity contribution in [2.75, 3.05) is 26.9 Å². The van der Waals surface area contributed by atoms with Crippen LogP contribution in [0.5, 0.6) is 0 Å². The van der Waals surface area contributed by atoms with Crippen molar-refractivity contribution in [2.24, 2.45) is 16.1 Å². The molecular weight excluding hydrogens is 381 g/mol. The van der Waals surface area contributed by atoms with Crippen LogP contribution in [0.2, 0.25) is 0 Å². The van der Waals surface area contributed by atoms with Crippen LogP contribution in [0.1, 0.15) is 39.0 Å². The van der Waals surface area contributed by atoms with Crippen molar-refractivity contribution < 1.29 is 9.47 Å². The molecule has 2 aliphatic carbocycles. The van der Waals surface area contributed by atoms with Gasteiger partial charge in [-0.15, -0.1) is 24.0 Å². The molecule has 6 heteroatoms. The largest absolute Gasteiger partial charge is 0.381 e. The van der Waals surface area contributed by atoms with Gasteiger partial charge in [-0.05, 0) is 39.0 Å². The molecule has 0 aromatic rings. The standard InChI is InChI=1S/C15H27N3O2.HI/c1-3-20-13-10-12(15(13)6-8-19-9-7-15)17-14(16)18(2)11-4-5-11;/h11-13H,3-10H2,1-2H3,(H2,16,17);1H. The second-order valence-electron chi connectivity index (χ2n) is 6.37. The molecule has 3 aliphatic rings. The van der Waals surface area contributed by atoms with Gasteiger partial charge in [0.2, 0.25) is 0 Å². The first-order valence-corrected chi connectivity index (χ1v) is 7.93. The van der Waals surface area contributed by atoms with E-state index in [1.54, 1.807) is 0 Å². The fraction of sp³-hybridized carbons (Fsp3) is 0.933. The fourth-order valence-electron chi connectivity index (χ4n) is 3.65. The van der Waals surface area contributed by atoms with Crippen molar-refractivity contribution in [3.8, 4) is 0 Å². The predicted octanol–water partition coefficient (Wildman–Crippen LogP) is 1.99. The third kappa shape index (κ3) is 3.32. The molecule has 3 fully saturated rings. The maximum atomic E-state index is 6.18. The summed E-state index contributed by atoms with van der Waals surface area (Å²) in [6, 6.07) is 0.927. The van der Waals surface area contributed by atoms with E-state index in [2.05, 4.69) is 18.9 Å². The van der Waals surface area contributed by atoms with Gasteiger partial charge in [0.1, 0.15) is 0 Å². The molecule has 0 aromatic heterocycles. The van der Waals surface area contributed by atoms with Gasteiger partial charge in [-0.25, -0.2) is 4.99 Å². The Labute approximate surface area is 144 Å². The van der Waals surface area contributed by atoms with Crippen LogP contribution >= 0.6 is 24.0 Å². The fourth-order valence-corrected chi connectivity index (χ4v) is 3.65. The quantitative estimate of drug-likeness (QED) is 0.438. The lowest BCUT2D eigenvalue weighted by Gasteiger charge is -2.55. The molecule has 1 heterocycles. The summed E-state index contributed by atoms with van der Waals surface area (Å²) in [4.78, 5) is 6.98. The van der Waals surface area contributed by atoms with E-state index in [-0.39, 0.29) is 29.4 Å². The minimum absolute atomic E-state index is 0. The molecule has 0 aromatic carbocycles. The molecule has 2 unspecified atom stereocenters. The summed E-state index contributed by atoms with van der Waals surface area (Å²) in [6.07, 6.45) is 5.94. The summed E-state index contributed by atoms with van der Waals surface area (Å²) in [6.45, 7) is 4.50. The zero-order chi connectivity index (χ0) is 14.2. The van der Waals surface area contributed by atoms with Crippen molar-refractivity contribution in [3.63, 3.8) is 0 Å². The first-order chi connectivity index (χ1) is 9.67. The summed E-state index contributed by atoms with van der Waals surface area (Å²) in [7, 11) is 2.06. The lowest BCUT2D eigenvalue weighted by atomic mass is 9.58. The molecule has 0 amide bonds. The molecular formula is C15H28IN3O2. The average molecular weight is 409 g/mol. The Morgan fingerprint density at radius 2 is 2.05 bits per heavy atom. The maximum absolute atomic E-state index is 6.18. The van der Waals surface area contributed by atoms with Gasteiger partial charge in [-0.3, -0.25) is 0 Å². The minimum Gasteiger partial charge on any atom is -0.381 e. The Morgan fingerprint density at radius 1 is 1.38 bits per heavy atom. The number of aliphatic imine (C=N–C) groups is 1. The van der Waals surface area contributed by atoms with Crippen molar-refractivity contribution in [1.82, 2.24) is 4.90 Å². The van der Waals surface area contributed by atoms with Crippen LogP contribution in [0.3, 0.4) is 0 Å². The van der Waals surface area contributed by atoms with E-state index in [4.69, 9.17) is 20.2 Å². The molecule has 122 valence electrons. The molecule has 2 saturated carbocycles. The van der Waals surface area contributed by atoms with Crippen LogP contribution in [0, 0.1) is 5.41 Å². The van der Waals surface area contributed by atoms with E-state index < -0.39 is 0 Å². The molecule has 0 bridgehead atoms. The van der Waals surface area contributed by atoms with E-state index in [9.17, 15) is 0 Å². The van der Waals surface area contributed by atoms with Gasteiger partial charge in [0.05, 0.1) is 12.1 Å². The maximum Gasteiger partial charge on any atom is 0.191 e. The summed E-state index contributed by atoms with van der Waals surface area (Å²) in [5.74, 6) is 0.707. The van der Waals surface area contributed by atoms with Crippen molar-refractivity contribution in [3.05, 3.63) is 0 Å². The van der Waals surface area contributed by atoms with Crippen LogP contribution in [0.15, 0.2) is 4.99 Å². The Kier molecular flexibility index (Phi) is 5.76. The monoisotopic (exact) mass is 409 g/mol. The number of hydrogen-bond acceptors (Lipinski definition) is 3. The van der Waals surface area contributed by atoms with Gasteiger partial charge in [0.25, 0.3) is 0 Å². The molecule has 1 spiro atoms. The topological polar surface area (TPSA) is 60.1 Å². The first kappa shape index (κ1) is 17.3. The van der Waals surface area contributed by atoms with Crippen molar-refractivity contribution in [2.45, 2.75) is 57.2 Å². The summed E-state index contributed by atoms with van der Waals surface area (Å²) in [5.41, 5.74) is 6.35. The smallest absolute Gasteiger partial charge is 0.191 e. The third-order valence-corrected chi connectivity index (χ3v) is 5.28. The highest BCUT2D eigenvalue weighted by Crippen LogP contribution is 2.52. The summed E-state index contributed by atoms with van der Waals surface area (Å²) >= 11 is 0. The number of ether oxygens (including phenoxy) is 2. The van der Waals surface area contributed by atoms with Crippen LogP contribution in [-0.4, -0.2) is 55.9 Å². The van der Waals surface area contributed by atoms with Gasteiger partial charge in [0.15, 0.2) is 5.96 Å².